The minimum atomic E-state index is -5.25. The summed E-state index contributed by atoms with van der Waals surface area (Å²) >= 11 is 0. The fourth-order valence-electron chi connectivity index (χ4n) is 3.12. The molecule has 184 valence electrons. The third-order valence-corrected chi connectivity index (χ3v) is 6.51. The largest absolute Gasteiger partial charge is 0.506 e. The monoisotopic (exact) mass is 508 g/mol. The van der Waals surface area contributed by atoms with Crippen LogP contribution in [0.15, 0.2) is 21.9 Å². The van der Waals surface area contributed by atoms with Gasteiger partial charge in [-0.25, -0.2) is 0 Å². The SMILES string of the molecule is CC(C)(C)c1cc(S(=O)(=O)O)c(OC(C)(C)c2cc(O)c(O)c(S(=O)(=O)O)c2O)c(O)c1O. The van der Waals surface area contributed by atoms with E-state index in [4.69, 9.17) is 4.74 Å². The van der Waals surface area contributed by atoms with Crippen LogP contribution in [0.4, 0.5) is 0 Å². The van der Waals surface area contributed by atoms with Crippen LogP contribution >= 0.6 is 0 Å². The molecular formula is C19H24O12S2. The number of aromatic hydroxyl groups is 5. The molecule has 0 aliphatic heterocycles. The molecule has 0 saturated heterocycles. The van der Waals surface area contributed by atoms with Crippen LogP contribution in [0.1, 0.15) is 45.7 Å². The molecule has 0 spiro atoms. The number of phenolic OH excluding ortho intramolecular Hbond substituents is 5. The average molecular weight is 509 g/mol. The van der Waals surface area contributed by atoms with E-state index in [0.717, 1.165) is 19.9 Å². The average Bonchev–Trinajstić information content (AvgIpc) is 2.58. The first-order valence-corrected chi connectivity index (χ1v) is 12.0. The second kappa shape index (κ2) is 7.83. The maximum atomic E-state index is 12.0. The molecule has 33 heavy (non-hydrogen) atoms. The highest BCUT2D eigenvalue weighted by molar-refractivity contribution is 7.86. The van der Waals surface area contributed by atoms with Crippen LogP contribution in [0.25, 0.3) is 0 Å². The van der Waals surface area contributed by atoms with E-state index in [2.05, 4.69) is 0 Å². The van der Waals surface area contributed by atoms with Gasteiger partial charge in [0.25, 0.3) is 10.1 Å². The van der Waals surface area contributed by atoms with Crippen LogP contribution in [0.2, 0.25) is 0 Å². The minimum absolute atomic E-state index is 0.0587. The number of benzene rings is 2. The lowest BCUT2D eigenvalue weighted by atomic mass is 9.86. The summed E-state index contributed by atoms with van der Waals surface area (Å²) in [6.45, 7) is 7.04. The fraction of sp³-hybridized carbons (Fsp3) is 0.368. The van der Waals surface area contributed by atoms with Gasteiger partial charge in [-0.2, -0.15) is 16.8 Å². The molecule has 0 aromatic heterocycles. The lowest BCUT2D eigenvalue weighted by molar-refractivity contribution is 0.0948. The van der Waals surface area contributed by atoms with Crippen molar-refractivity contribution in [2.24, 2.45) is 0 Å². The van der Waals surface area contributed by atoms with Crippen LogP contribution in [0.3, 0.4) is 0 Å². The first-order chi connectivity index (χ1) is 14.6. The Labute approximate surface area is 189 Å². The highest BCUT2D eigenvalue weighted by Crippen LogP contribution is 2.51. The van der Waals surface area contributed by atoms with Crippen LogP contribution < -0.4 is 4.74 Å². The van der Waals surface area contributed by atoms with Gasteiger partial charge >= 0.3 is 10.1 Å². The lowest BCUT2D eigenvalue weighted by Gasteiger charge is -2.30. The fourth-order valence-corrected chi connectivity index (χ4v) is 4.46. The number of hydrogen-bond acceptors (Lipinski definition) is 10. The third-order valence-electron chi connectivity index (χ3n) is 4.75. The van der Waals surface area contributed by atoms with Crippen molar-refractivity contribution in [3.8, 4) is 34.5 Å². The molecule has 0 bridgehead atoms. The Morgan fingerprint density at radius 1 is 0.697 bits per heavy atom. The quantitative estimate of drug-likeness (QED) is 0.176. The molecule has 2 aromatic carbocycles. The van der Waals surface area contributed by atoms with E-state index in [0.29, 0.717) is 6.07 Å². The van der Waals surface area contributed by atoms with Gasteiger partial charge in [0.15, 0.2) is 27.9 Å². The molecule has 0 atom stereocenters. The van der Waals surface area contributed by atoms with Crippen molar-refractivity contribution >= 4 is 20.2 Å². The second-order valence-corrected chi connectivity index (χ2v) is 11.5. The van der Waals surface area contributed by atoms with Gasteiger partial charge in [0.05, 0.1) is 0 Å². The van der Waals surface area contributed by atoms with E-state index in [-0.39, 0.29) is 5.56 Å². The van der Waals surface area contributed by atoms with Gasteiger partial charge in [-0.1, -0.05) is 20.8 Å². The minimum Gasteiger partial charge on any atom is -0.506 e. The van der Waals surface area contributed by atoms with Gasteiger partial charge in [-0.3, -0.25) is 9.11 Å². The van der Waals surface area contributed by atoms with Gasteiger partial charge < -0.3 is 30.3 Å². The molecular weight excluding hydrogens is 484 g/mol. The van der Waals surface area contributed by atoms with Crippen LogP contribution in [0, 0.1) is 0 Å². The zero-order valence-electron chi connectivity index (χ0n) is 18.1. The molecule has 0 saturated carbocycles. The number of rotatable bonds is 5. The second-order valence-electron chi connectivity index (χ2n) is 8.73. The summed E-state index contributed by atoms with van der Waals surface area (Å²) in [4.78, 5) is -2.40. The van der Waals surface area contributed by atoms with E-state index in [1.165, 1.54) is 0 Å². The summed E-state index contributed by atoms with van der Waals surface area (Å²) < 4.78 is 71.7. The summed E-state index contributed by atoms with van der Waals surface area (Å²) in [6.07, 6.45) is 0. The van der Waals surface area contributed by atoms with E-state index < -0.39 is 81.1 Å². The van der Waals surface area contributed by atoms with Gasteiger partial charge in [0.1, 0.15) is 16.2 Å². The molecule has 0 heterocycles. The Morgan fingerprint density at radius 2 is 1.21 bits per heavy atom. The Morgan fingerprint density at radius 3 is 1.64 bits per heavy atom. The zero-order chi connectivity index (χ0) is 25.9. The van der Waals surface area contributed by atoms with Crippen molar-refractivity contribution in [3.05, 3.63) is 23.3 Å². The Balaban J connectivity index is 2.86. The first-order valence-electron chi connectivity index (χ1n) is 9.12. The summed E-state index contributed by atoms with van der Waals surface area (Å²) in [6, 6.07) is 1.54. The highest BCUT2D eigenvalue weighted by Gasteiger charge is 2.38. The van der Waals surface area contributed by atoms with Crippen molar-refractivity contribution in [2.45, 2.75) is 55.4 Å². The van der Waals surface area contributed by atoms with Gasteiger partial charge in [-0.15, -0.1) is 0 Å². The number of hydrogen-bond donors (Lipinski definition) is 7. The number of ether oxygens (including phenoxy) is 1. The molecule has 0 fully saturated rings. The Hall–Kier alpha value is -2.94. The molecule has 2 rings (SSSR count). The summed E-state index contributed by atoms with van der Waals surface area (Å²) in [5, 5.41) is 50.9. The van der Waals surface area contributed by atoms with Gasteiger partial charge in [0, 0.05) is 11.1 Å². The smallest absolute Gasteiger partial charge is 0.302 e. The van der Waals surface area contributed by atoms with Crippen LogP contribution in [0.5, 0.6) is 34.5 Å². The molecule has 2 aromatic rings. The molecule has 0 aliphatic rings. The molecule has 0 aliphatic carbocycles. The highest BCUT2D eigenvalue weighted by atomic mass is 32.2. The summed E-state index contributed by atoms with van der Waals surface area (Å²) in [7, 11) is -10.3. The van der Waals surface area contributed by atoms with Crippen LogP contribution in [-0.2, 0) is 31.3 Å². The summed E-state index contributed by atoms with van der Waals surface area (Å²) in [5.41, 5.74) is -3.52. The molecule has 0 amide bonds. The van der Waals surface area contributed by atoms with Crippen molar-refractivity contribution < 1.29 is 56.2 Å². The Kier molecular flexibility index (Phi) is 6.24. The van der Waals surface area contributed by atoms with Gasteiger partial charge in [0.2, 0.25) is 5.75 Å². The molecule has 0 unspecified atom stereocenters. The standard InChI is InChI=1S/C19H24O12S2/c1-18(2,3)8-7-11(32(25,26)27)16(15(24)12(8)21)31-19(4,5)9-6-10(20)14(23)17(13(9)22)33(28,29)30/h6-7,20-24H,1-5H3,(H,25,26,27)(H,28,29,30). The topological polar surface area (TPSA) is 219 Å². The maximum Gasteiger partial charge on any atom is 0.302 e. The normalized spacial score (nSPS) is 13.2. The molecule has 14 heteroatoms. The molecule has 7 N–H and O–H groups in total. The predicted octanol–water partition coefficient (Wildman–Crippen LogP) is 2.32. The first kappa shape index (κ1) is 26.3. The lowest BCUT2D eigenvalue weighted by Crippen LogP contribution is -2.27. The van der Waals surface area contributed by atoms with E-state index in [1.807, 2.05) is 0 Å². The summed E-state index contributed by atoms with van der Waals surface area (Å²) in [5.74, 6) is -6.49. The number of phenols is 5. The predicted molar refractivity (Wildman–Crippen MR) is 113 cm³/mol. The third kappa shape index (κ3) is 4.88. The van der Waals surface area contributed by atoms with E-state index in [1.54, 1.807) is 20.8 Å². The van der Waals surface area contributed by atoms with E-state index >= 15 is 0 Å². The van der Waals surface area contributed by atoms with E-state index in [9.17, 15) is 51.5 Å². The Bertz CT molecular complexity index is 1330. The van der Waals surface area contributed by atoms with Crippen molar-refractivity contribution in [1.82, 2.24) is 0 Å². The van der Waals surface area contributed by atoms with Gasteiger partial charge in [-0.05, 0) is 31.4 Å². The molecule has 0 radical (unpaired) electrons. The zero-order valence-corrected chi connectivity index (χ0v) is 19.8. The molecule has 12 nitrogen and oxygen atoms in total. The van der Waals surface area contributed by atoms with Crippen molar-refractivity contribution in [2.75, 3.05) is 0 Å². The van der Waals surface area contributed by atoms with Crippen molar-refractivity contribution in [1.29, 1.82) is 0 Å². The van der Waals surface area contributed by atoms with Crippen LogP contribution in [-0.4, -0.2) is 51.5 Å². The van der Waals surface area contributed by atoms with Crippen molar-refractivity contribution in [3.63, 3.8) is 0 Å². The maximum absolute atomic E-state index is 12.0.